The van der Waals surface area contributed by atoms with Crippen LogP contribution in [-0.2, 0) is 51.5 Å². The highest BCUT2D eigenvalue weighted by Gasteiger charge is 2.51. The maximum atomic E-state index is 13.3. The van der Waals surface area contributed by atoms with Crippen LogP contribution in [0.15, 0.2) is 0 Å². The van der Waals surface area contributed by atoms with Gasteiger partial charge in [-0.05, 0) is 0 Å². The normalized spacial score (nSPS) is 39.5. The van der Waals surface area contributed by atoms with Gasteiger partial charge in [0.15, 0.2) is 6.29 Å². The van der Waals surface area contributed by atoms with Gasteiger partial charge in [0.25, 0.3) is 0 Å². The number of nitrogens with one attached hydrogen (secondary N) is 3. The highest BCUT2D eigenvalue weighted by atomic mass is 31.2. The zero-order chi connectivity index (χ0) is 40.7. The third-order valence-corrected chi connectivity index (χ3v) is 11.5. The van der Waals surface area contributed by atoms with E-state index in [9.17, 15) is 69.0 Å². The van der Waals surface area contributed by atoms with E-state index in [0.717, 1.165) is 20.8 Å². The van der Waals surface area contributed by atoms with E-state index < -0.39 is 157 Å². The van der Waals surface area contributed by atoms with Crippen molar-refractivity contribution < 1.29 is 97.0 Å². The molecule has 0 aromatic carbocycles. The molecule has 3 fully saturated rings. The highest BCUT2D eigenvalue weighted by molar-refractivity contribution is 7.53. The molecule has 3 aliphatic heterocycles. The van der Waals surface area contributed by atoms with Crippen LogP contribution >= 0.6 is 15.2 Å². The van der Waals surface area contributed by atoms with Crippen LogP contribution in [0.1, 0.15) is 20.8 Å². The van der Waals surface area contributed by atoms with Crippen LogP contribution in [0.25, 0.3) is 0 Å². The van der Waals surface area contributed by atoms with Gasteiger partial charge in [0, 0.05) is 27.3 Å². The molecule has 3 rings (SSSR count). The summed E-state index contributed by atoms with van der Waals surface area (Å²) in [4.78, 5) is 56.8. The largest absolute Gasteiger partial charge is 0.394 e. The topological polar surface area (TPSA) is 385 Å². The molecule has 0 bridgehead atoms. The summed E-state index contributed by atoms with van der Waals surface area (Å²) in [5.74, 6) is -2.02. The van der Waals surface area contributed by atoms with Crippen molar-refractivity contribution in [2.24, 2.45) is 5.73 Å². The molecule has 3 aliphatic rings. The first-order chi connectivity index (χ1) is 25.1. The predicted octanol–water partition coefficient (Wildman–Crippen LogP) is -6.70. The lowest BCUT2D eigenvalue weighted by atomic mass is 9.93. The second kappa shape index (κ2) is 20.1. The van der Waals surface area contributed by atoms with Crippen LogP contribution in [0, 0.1) is 0 Å². The Labute approximate surface area is 309 Å². The molecule has 17 atom stereocenters. The summed E-state index contributed by atoms with van der Waals surface area (Å²) in [6, 6.07) is -4.21. The zero-order valence-corrected chi connectivity index (χ0v) is 31.4. The third kappa shape index (κ3) is 12.6. The molecule has 26 heteroatoms. The predicted molar refractivity (Wildman–Crippen MR) is 178 cm³/mol. The summed E-state index contributed by atoms with van der Waals surface area (Å²) >= 11 is 0. The summed E-state index contributed by atoms with van der Waals surface area (Å²) in [5, 5.41) is 80.2. The first kappa shape index (κ1) is 46.6. The smallest absolute Gasteiger partial charge is 0.330 e. The molecule has 0 aliphatic carbocycles. The van der Waals surface area contributed by atoms with Crippen molar-refractivity contribution in [3.63, 3.8) is 0 Å². The highest BCUT2D eigenvalue weighted by Crippen LogP contribution is 2.47. The Balaban J connectivity index is 1.72. The molecule has 14 N–H and O–H groups in total. The van der Waals surface area contributed by atoms with Gasteiger partial charge in [-0.3, -0.25) is 23.5 Å². The second-order valence-electron chi connectivity index (χ2n) is 13.2. The minimum Gasteiger partial charge on any atom is -0.394 e. The van der Waals surface area contributed by atoms with Crippen LogP contribution in [0.2, 0.25) is 0 Å². The Morgan fingerprint density at radius 1 is 0.611 bits per heavy atom. The van der Waals surface area contributed by atoms with Gasteiger partial charge >= 0.3 is 15.2 Å². The Bertz CT molecular complexity index is 1370. The van der Waals surface area contributed by atoms with Crippen LogP contribution < -0.4 is 21.7 Å². The second-order valence-corrected chi connectivity index (χ2v) is 17.0. The number of ether oxygens (including phenoxy) is 4. The summed E-state index contributed by atoms with van der Waals surface area (Å²) in [6.07, 6.45) is -21.6. The van der Waals surface area contributed by atoms with Gasteiger partial charge in [0.1, 0.15) is 61.0 Å². The van der Waals surface area contributed by atoms with Gasteiger partial charge in [0.05, 0.1) is 63.0 Å². The minimum atomic E-state index is -4.85. The van der Waals surface area contributed by atoms with Gasteiger partial charge < -0.3 is 95.2 Å². The van der Waals surface area contributed by atoms with Crippen LogP contribution in [0.5, 0.6) is 0 Å². The molecule has 3 saturated heterocycles. The Morgan fingerprint density at radius 3 is 1.39 bits per heavy atom. The van der Waals surface area contributed by atoms with E-state index in [1.54, 1.807) is 0 Å². The van der Waals surface area contributed by atoms with E-state index in [-0.39, 0.29) is 13.2 Å². The number of carbonyl (C=O) groups is 3. The van der Waals surface area contributed by atoms with Gasteiger partial charge in [0.2, 0.25) is 17.7 Å². The van der Waals surface area contributed by atoms with E-state index >= 15 is 0 Å². The van der Waals surface area contributed by atoms with Crippen LogP contribution in [0.4, 0.5) is 0 Å². The third-order valence-electron chi connectivity index (χ3n) is 8.79. The molecule has 24 nitrogen and oxygen atoms in total. The van der Waals surface area contributed by atoms with Gasteiger partial charge in [-0.1, -0.05) is 0 Å². The maximum Gasteiger partial charge on any atom is 0.330 e. The van der Waals surface area contributed by atoms with E-state index in [2.05, 4.69) is 16.0 Å². The number of hydrogen-bond acceptors (Lipinski definition) is 19. The molecule has 3 heterocycles. The van der Waals surface area contributed by atoms with Crippen molar-refractivity contribution in [2.75, 3.05) is 45.3 Å². The number of rotatable bonds is 17. The lowest BCUT2D eigenvalue weighted by molar-refractivity contribution is -0.268. The van der Waals surface area contributed by atoms with E-state index in [4.69, 9.17) is 33.7 Å². The summed E-state index contributed by atoms with van der Waals surface area (Å²) in [7, 11) is -9.67. The van der Waals surface area contributed by atoms with Crippen molar-refractivity contribution in [2.45, 2.75) is 112 Å². The number of aliphatic hydroxyl groups excluding tert-OH is 7. The molecule has 54 heavy (non-hydrogen) atoms. The number of amides is 3. The fourth-order valence-electron chi connectivity index (χ4n) is 6.24. The SMILES string of the molecule is CC(=O)N[C@@H]1[C@@H](OCCN)O[C@H](COP(=O)(O)C[C@H]2O[C@H](COP(=O)(O)C[C@H]3O[C@H](CO)[C@@H](O)[C@H](O)[C@@H]3NC(C)=O)[C@@H](O)[C@H](O)[C@@H]2NC(C)=O)[C@@H](O)[C@@H]1O. The standard InChI is InChI=1S/C28H52N4O20P2/c1-11(34)30-19-17(50-14(6-33)22(37)25(19)40)9-53(43,44)48-7-15-23(38)26(41)20(31-12(2)35)18(51-15)10-54(45,46)49-8-16-24(39)27(42)21(32-13(3)36)28(52-16)47-5-4-29/h14-28,33,37-42H,4-10,29H2,1-3H3,(H,30,34)(H,31,35)(H,32,36)(H,43,44)(H,45,46)/t14-,15-,16-,17-,18-,19-,20-,21+,22-,23-,24-,25-,26-,27-,28+/m1/s1. The van der Waals surface area contributed by atoms with E-state index in [1.807, 2.05) is 0 Å². The lowest BCUT2D eigenvalue weighted by Gasteiger charge is -2.44. The number of nitrogens with two attached hydrogens (primary N) is 1. The molecule has 0 aromatic rings. The summed E-state index contributed by atoms with van der Waals surface area (Å²) < 4.78 is 59.0. The number of carbonyl (C=O) groups excluding carboxylic acids is 3. The molecule has 314 valence electrons. The first-order valence-corrected chi connectivity index (χ1v) is 20.3. The van der Waals surface area contributed by atoms with Crippen LogP contribution in [-0.4, -0.2) is 200 Å². The Morgan fingerprint density at radius 2 is 0.981 bits per heavy atom. The average Bonchev–Trinajstić information content (AvgIpc) is 3.07. The quantitative estimate of drug-likeness (QED) is 0.0606. The minimum absolute atomic E-state index is 0.0196. The maximum absolute atomic E-state index is 13.3. The molecule has 0 spiro atoms. The van der Waals surface area contributed by atoms with Crippen molar-refractivity contribution in [1.29, 1.82) is 0 Å². The van der Waals surface area contributed by atoms with Gasteiger partial charge in [-0.25, -0.2) is 0 Å². The van der Waals surface area contributed by atoms with E-state index in [0.29, 0.717) is 0 Å². The summed E-state index contributed by atoms with van der Waals surface area (Å²) in [5.41, 5.74) is 5.46. The van der Waals surface area contributed by atoms with Crippen molar-refractivity contribution in [3.8, 4) is 0 Å². The average molecular weight is 827 g/mol. The van der Waals surface area contributed by atoms with Crippen molar-refractivity contribution in [1.82, 2.24) is 16.0 Å². The molecule has 2 unspecified atom stereocenters. The summed E-state index contributed by atoms with van der Waals surface area (Å²) in [6.45, 7) is 0.621. The number of aliphatic hydroxyl groups is 7. The van der Waals surface area contributed by atoms with Gasteiger partial charge in [-0.2, -0.15) is 0 Å². The monoisotopic (exact) mass is 826 g/mol. The number of hydrogen-bond donors (Lipinski definition) is 13. The molecule has 0 saturated carbocycles. The zero-order valence-electron chi connectivity index (χ0n) is 29.6. The molecular weight excluding hydrogens is 774 g/mol. The van der Waals surface area contributed by atoms with Crippen LogP contribution in [0.3, 0.4) is 0 Å². The lowest BCUT2D eigenvalue weighted by Crippen LogP contribution is -2.65. The molecule has 3 amide bonds. The molecular formula is C28H52N4O20P2. The molecule has 0 radical (unpaired) electrons. The van der Waals surface area contributed by atoms with Crippen molar-refractivity contribution >= 4 is 32.9 Å². The Hall–Kier alpha value is -1.77. The van der Waals surface area contributed by atoms with Crippen molar-refractivity contribution in [3.05, 3.63) is 0 Å². The first-order valence-electron chi connectivity index (χ1n) is 16.8. The fourth-order valence-corrected chi connectivity index (χ4v) is 8.74. The fraction of sp³-hybridized carbons (Fsp3) is 0.893. The van der Waals surface area contributed by atoms with Gasteiger partial charge in [-0.15, -0.1) is 0 Å². The molecule has 0 aromatic heterocycles. The Kier molecular flexibility index (Phi) is 17.3. The van der Waals surface area contributed by atoms with E-state index in [1.165, 1.54) is 0 Å².